The van der Waals surface area contributed by atoms with E-state index in [0.29, 0.717) is 32.1 Å². The zero-order valence-corrected chi connectivity index (χ0v) is 27.6. The van der Waals surface area contributed by atoms with Gasteiger partial charge in [0.2, 0.25) is 0 Å². The van der Waals surface area contributed by atoms with E-state index in [-0.39, 0.29) is 19.6 Å². The van der Waals surface area contributed by atoms with E-state index in [1.807, 2.05) is 0 Å². The molecule has 8 N–H and O–H groups in total. The van der Waals surface area contributed by atoms with Gasteiger partial charge in [-0.05, 0) is 38.5 Å². The Morgan fingerprint density at radius 2 is 1.02 bits per heavy atom. The van der Waals surface area contributed by atoms with Gasteiger partial charge in [0, 0.05) is 24.9 Å². The van der Waals surface area contributed by atoms with Crippen molar-refractivity contribution in [2.24, 2.45) is 16.7 Å². The van der Waals surface area contributed by atoms with Crippen LogP contribution in [0.3, 0.4) is 0 Å². The summed E-state index contributed by atoms with van der Waals surface area (Å²) in [7, 11) is 0. The van der Waals surface area contributed by atoms with Crippen LogP contribution >= 0.6 is 0 Å². The minimum Gasteiger partial charge on any atom is -0.481 e. The lowest BCUT2D eigenvalue weighted by Gasteiger charge is -2.35. The Labute approximate surface area is 264 Å². The topological polar surface area (TPSA) is 222 Å². The number of unbranched alkanes of at least 4 members (excludes halogenated alkanes) is 9. The number of esters is 1. The summed E-state index contributed by atoms with van der Waals surface area (Å²) in [5.41, 5.74) is -2.52. The number of hydrogen-bond donors (Lipinski definition) is 8. The first kappa shape index (κ1) is 46.6. The highest BCUT2D eigenvalue weighted by Crippen LogP contribution is 2.32. The number of carbonyl (C=O) groups is 3. The van der Waals surface area contributed by atoms with E-state index in [9.17, 15) is 45.0 Å². The van der Waals surface area contributed by atoms with E-state index >= 15 is 0 Å². The highest BCUT2D eigenvalue weighted by molar-refractivity contribution is 5.77. The van der Waals surface area contributed by atoms with Crippen LogP contribution in [-0.2, 0) is 19.1 Å². The molecule has 0 radical (unpaired) electrons. The van der Waals surface area contributed by atoms with Crippen molar-refractivity contribution in [2.45, 2.75) is 124 Å². The van der Waals surface area contributed by atoms with E-state index in [0.717, 1.165) is 25.7 Å². The van der Waals surface area contributed by atoms with Gasteiger partial charge in [0.05, 0.1) is 39.6 Å². The van der Waals surface area contributed by atoms with Crippen LogP contribution in [0, 0.1) is 16.7 Å². The van der Waals surface area contributed by atoms with Crippen molar-refractivity contribution in [3.8, 4) is 0 Å². The molecule has 0 fully saturated rings. The highest BCUT2D eigenvalue weighted by atomic mass is 16.5. The van der Waals surface area contributed by atoms with E-state index < -0.39 is 67.7 Å². The molecule has 12 heteroatoms. The van der Waals surface area contributed by atoms with Crippen LogP contribution in [0.2, 0.25) is 0 Å². The average Bonchev–Trinajstić information content (AvgIpc) is 3.01. The van der Waals surface area contributed by atoms with E-state index in [1.54, 1.807) is 6.92 Å². The van der Waals surface area contributed by atoms with Gasteiger partial charge < -0.3 is 45.6 Å². The predicted molar refractivity (Wildman–Crippen MR) is 168 cm³/mol. The minimum atomic E-state index is -1.35. The van der Waals surface area contributed by atoms with Gasteiger partial charge in [-0.1, -0.05) is 78.1 Å². The van der Waals surface area contributed by atoms with Gasteiger partial charge in [0.1, 0.15) is 5.41 Å². The Morgan fingerprint density at radius 1 is 0.591 bits per heavy atom. The van der Waals surface area contributed by atoms with Gasteiger partial charge in [0.25, 0.3) is 0 Å². The molecular weight excluding hydrogens is 576 g/mol. The summed E-state index contributed by atoms with van der Waals surface area (Å²) in [6.45, 7) is 3.38. The third-order valence-corrected chi connectivity index (χ3v) is 7.79. The Kier molecular flexibility index (Phi) is 33.0. The first-order valence-corrected chi connectivity index (χ1v) is 16.3. The number of aliphatic carboxylic acids is 2. The molecule has 0 aliphatic heterocycles. The second-order valence-electron chi connectivity index (χ2n) is 11.4. The molecule has 0 aliphatic carbocycles. The van der Waals surface area contributed by atoms with E-state index in [2.05, 4.69) is 13.8 Å². The smallest absolute Gasteiger partial charge is 0.316 e. The number of aliphatic hydroxyl groups is 6. The largest absolute Gasteiger partial charge is 0.481 e. The fourth-order valence-corrected chi connectivity index (χ4v) is 4.47. The summed E-state index contributed by atoms with van der Waals surface area (Å²) in [6.07, 6.45) is 13.4. The predicted octanol–water partition coefficient (Wildman–Crippen LogP) is 3.52. The summed E-state index contributed by atoms with van der Waals surface area (Å²) >= 11 is 0. The van der Waals surface area contributed by atoms with Crippen LogP contribution in [0.4, 0.5) is 0 Å². The van der Waals surface area contributed by atoms with Gasteiger partial charge in [-0.2, -0.15) is 0 Å². The monoisotopic (exact) mass is 640 g/mol. The third kappa shape index (κ3) is 22.6. The van der Waals surface area contributed by atoms with Crippen LogP contribution in [0.5, 0.6) is 0 Å². The summed E-state index contributed by atoms with van der Waals surface area (Å²) < 4.78 is 4.90. The highest BCUT2D eigenvalue weighted by Gasteiger charge is 2.39. The number of carboxylic acids is 2. The average molecular weight is 641 g/mol. The van der Waals surface area contributed by atoms with Crippen LogP contribution in [0.25, 0.3) is 0 Å². The van der Waals surface area contributed by atoms with Gasteiger partial charge in [-0.25, -0.2) is 0 Å². The molecule has 0 heterocycles. The van der Waals surface area contributed by atoms with Crippen molar-refractivity contribution in [3.63, 3.8) is 0 Å². The van der Waals surface area contributed by atoms with E-state index in [4.69, 9.17) is 14.9 Å². The lowest BCUT2D eigenvalue weighted by Crippen LogP contribution is -2.43. The molecule has 0 rings (SSSR count). The molecule has 0 aromatic carbocycles. The number of aliphatic hydroxyl groups excluding tert-OH is 6. The fourth-order valence-electron chi connectivity index (χ4n) is 4.47. The molecule has 12 nitrogen and oxygen atoms in total. The fraction of sp³-hybridized carbons (Fsp3) is 0.906. The van der Waals surface area contributed by atoms with Crippen LogP contribution in [-0.4, -0.2) is 105 Å². The Hall–Kier alpha value is -1.83. The van der Waals surface area contributed by atoms with Gasteiger partial charge in [-0.15, -0.1) is 0 Å². The van der Waals surface area contributed by atoms with Gasteiger partial charge >= 0.3 is 17.9 Å². The van der Waals surface area contributed by atoms with Crippen molar-refractivity contribution < 1.29 is 60.0 Å². The van der Waals surface area contributed by atoms with Crippen molar-refractivity contribution in [1.29, 1.82) is 0 Å². The number of hydrogen-bond acceptors (Lipinski definition) is 10. The number of carboxylic acid groups (broad SMARTS) is 2. The Bertz CT molecular complexity index is 646. The lowest BCUT2D eigenvalue weighted by atomic mass is 9.74. The number of rotatable bonds is 26. The standard InChI is InChI=1S/C16H32O8.2C8H16O2/c1-2-24-14(23)15(8-18,9-19)6-4-3-5-13(7-17)16(10-20,11-21)12-22;2*1-2-3-4-5-6-7-8(9)10/h13,17-22H,2-12H2,1H3;2*2-7H2,1H3,(H,9,10). The first-order chi connectivity index (χ1) is 21.0. The molecule has 0 amide bonds. The van der Waals surface area contributed by atoms with Crippen molar-refractivity contribution in [3.05, 3.63) is 0 Å². The maximum atomic E-state index is 11.9. The Morgan fingerprint density at radius 3 is 1.34 bits per heavy atom. The second-order valence-corrected chi connectivity index (χ2v) is 11.4. The molecular formula is C32H64O12. The SMILES string of the molecule is CCCCCCCC(=O)O.CCCCCCCC(=O)O.CCOC(=O)C(CO)(CO)CCCCC(CO)C(CO)(CO)CO. The zero-order valence-electron chi connectivity index (χ0n) is 27.6. The molecule has 0 saturated carbocycles. The lowest BCUT2D eigenvalue weighted by molar-refractivity contribution is -0.162. The molecule has 0 aromatic heterocycles. The van der Waals surface area contributed by atoms with Gasteiger partial charge in [-0.3, -0.25) is 14.4 Å². The molecule has 1 unspecified atom stereocenters. The number of carbonyl (C=O) groups excluding carboxylic acids is 1. The summed E-state index contributed by atoms with van der Waals surface area (Å²) in [5.74, 6) is -2.49. The van der Waals surface area contributed by atoms with Crippen molar-refractivity contribution in [2.75, 3.05) is 46.2 Å². The minimum absolute atomic E-state index is 0.152. The van der Waals surface area contributed by atoms with Gasteiger partial charge in [0.15, 0.2) is 0 Å². The maximum absolute atomic E-state index is 11.9. The Balaban J connectivity index is -0.000000689. The van der Waals surface area contributed by atoms with E-state index in [1.165, 1.54) is 38.5 Å². The molecule has 44 heavy (non-hydrogen) atoms. The molecule has 0 aromatic rings. The van der Waals surface area contributed by atoms with Crippen molar-refractivity contribution >= 4 is 17.9 Å². The quantitative estimate of drug-likeness (QED) is 0.0502. The third-order valence-electron chi connectivity index (χ3n) is 7.79. The molecule has 1 atom stereocenters. The maximum Gasteiger partial charge on any atom is 0.316 e. The van der Waals surface area contributed by atoms with Crippen LogP contribution in [0.15, 0.2) is 0 Å². The van der Waals surface area contributed by atoms with Crippen LogP contribution < -0.4 is 0 Å². The summed E-state index contributed by atoms with van der Waals surface area (Å²) in [4.78, 5) is 32.0. The molecule has 0 spiro atoms. The normalized spacial score (nSPS) is 11.9. The molecule has 0 saturated heterocycles. The molecule has 0 bridgehead atoms. The zero-order chi connectivity index (χ0) is 34.3. The number of ether oxygens (including phenoxy) is 1. The summed E-state index contributed by atoms with van der Waals surface area (Å²) in [6, 6.07) is 0. The molecule has 264 valence electrons. The molecule has 0 aliphatic rings. The van der Waals surface area contributed by atoms with Crippen LogP contribution in [0.1, 0.15) is 124 Å². The van der Waals surface area contributed by atoms with Crippen molar-refractivity contribution in [1.82, 2.24) is 0 Å². The summed E-state index contributed by atoms with van der Waals surface area (Å²) in [5, 5.41) is 73.2. The second kappa shape index (κ2) is 31.2. The first-order valence-electron chi connectivity index (χ1n) is 16.3.